The summed E-state index contributed by atoms with van der Waals surface area (Å²) in [4.78, 5) is 11.1. The molecule has 0 aliphatic carbocycles. The molecule has 0 saturated carbocycles. The number of ether oxygens (including phenoxy) is 1. The Labute approximate surface area is 110 Å². The van der Waals surface area contributed by atoms with Crippen molar-refractivity contribution in [2.75, 3.05) is 0 Å². The van der Waals surface area contributed by atoms with Gasteiger partial charge in [0.15, 0.2) is 0 Å². The molecule has 0 fully saturated rings. The Morgan fingerprint density at radius 2 is 2.00 bits per heavy atom. The van der Waals surface area contributed by atoms with Crippen molar-refractivity contribution in [2.24, 2.45) is 0 Å². The normalized spacial score (nSPS) is 10.9. The molecular weight excluding hydrogens is 252 g/mol. The molecule has 0 atom stereocenters. The van der Waals surface area contributed by atoms with Gasteiger partial charge in [0.2, 0.25) is 0 Å². The molecule has 0 heterocycles. The summed E-state index contributed by atoms with van der Waals surface area (Å²) in [7, 11) is 0. The molecule has 0 aromatic heterocycles. The largest absolute Gasteiger partial charge is 0.490 e. The molecule has 2 aromatic carbocycles. The topological polar surface area (TPSA) is 46.5 Å². The SMILES string of the molecule is CC(C)Oc1cc(C(=O)O)cc2ccc(Cl)cc12. The zero-order valence-electron chi connectivity index (χ0n) is 10.1. The van der Waals surface area contributed by atoms with Crippen molar-refractivity contribution in [1.82, 2.24) is 0 Å². The van der Waals surface area contributed by atoms with Crippen molar-refractivity contribution in [1.29, 1.82) is 0 Å². The molecule has 0 aliphatic rings. The lowest BCUT2D eigenvalue weighted by Crippen LogP contribution is -2.07. The first-order chi connectivity index (χ1) is 8.47. The van der Waals surface area contributed by atoms with Crippen LogP contribution in [0.4, 0.5) is 0 Å². The zero-order chi connectivity index (χ0) is 13.3. The number of halogens is 1. The number of aromatic carboxylic acids is 1. The molecule has 94 valence electrons. The van der Waals surface area contributed by atoms with E-state index in [1.807, 2.05) is 13.8 Å². The second kappa shape index (κ2) is 4.86. The van der Waals surface area contributed by atoms with Crippen molar-refractivity contribution in [3.63, 3.8) is 0 Å². The first-order valence-corrected chi connectivity index (χ1v) is 5.98. The number of hydrogen-bond donors (Lipinski definition) is 1. The summed E-state index contributed by atoms with van der Waals surface area (Å²) in [5.41, 5.74) is 0.209. The maximum absolute atomic E-state index is 11.1. The van der Waals surface area contributed by atoms with Crippen LogP contribution in [0.2, 0.25) is 5.02 Å². The van der Waals surface area contributed by atoms with Gasteiger partial charge in [-0.05, 0) is 43.5 Å². The van der Waals surface area contributed by atoms with Gasteiger partial charge in [-0.15, -0.1) is 0 Å². The van der Waals surface area contributed by atoms with E-state index in [4.69, 9.17) is 21.4 Å². The van der Waals surface area contributed by atoms with E-state index in [9.17, 15) is 4.79 Å². The summed E-state index contributed by atoms with van der Waals surface area (Å²) in [6.45, 7) is 3.79. The molecule has 0 aliphatic heterocycles. The van der Waals surface area contributed by atoms with E-state index in [0.717, 1.165) is 10.8 Å². The summed E-state index contributed by atoms with van der Waals surface area (Å²) in [6.07, 6.45) is -0.0313. The Balaban J connectivity index is 2.68. The van der Waals surface area contributed by atoms with Gasteiger partial charge >= 0.3 is 5.97 Å². The van der Waals surface area contributed by atoms with Crippen LogP contribution in [-0.2, 0) is 0 Å². The van der Waals surface area contributed by atoms with Gasteiger partial charge in [-0.25, -0.2) is 4.79 Å². The van der Waals surface area contributed by atoms with Crippen LogP contribution >= 0.6 is 11.6 Å². The van der Waals surface area contributed by atoms with Crippen LogP contribution in [0.3, 0.4) is 0 Å². The summed E-state index contributed by atoms with van der Waals surface area (Å²) in [6, 6.07) is 8.44. The van der Waals surface area contributed by atoms with Crippen molar-refractivity contribution in [2.45, 2.75) is 20.0 Å². The molecule has 1 N–H and O–H groups in total. The van der Waals surface area contributed by atoms with Crippen LogP contribution in [-0.4, -0.2) is 17.2 Å². The highest BCUT2D eigenvalue weighted by Gasteiger charge is 2.11. The predicted molar refractivity (Wildman–Crippen MR) is 71.7 cm³/mol. The molecule has 2 rings (SSSR count). The standard InChI is InChI=1S/C14H13ClO3/c1-8(2)18-13-6-10(14(16)17)5-9-3-4-11(15)7-12(9)13/h3-8H,1-2H3,(H,16,17). The molecule has 3 nitrogen and oxygen atoms in total. The average Bonchev–Trinajstić information content (AvgIpc) is 2.28. The minimum absolute atomic E-state index is 0.0313. The molecule has 18 heavy (non-hydrogen) atoms. The number of rotatable bonds is 3. The van der Waals surface area contributed by atoms with Crippen molar-refractivity contribution in [3.8, 4) is 5.75 Å². The fraction of sp³-hybridized carbons (Fsp3) is 0.214. The molecular formula is C14H13ClO3. The first kappa shape index (κ1) is 12.7. The second-order valence-corrected chi connectivity index (χ2v) is 4.75. The van der Waals surface area contributed by atoms with Gasteiger partial charge in [-0.2, -0.15) is 0 Å². The quantitative estimate of drug-likeness (QED) is 0.912. The summed E-state index contributed by atoms with van der Waals surface area (Å²) in [5, 5.41) is 11.3. The number of carboxylic acids is 1. The van der Waals surface area contributed by atoms with E-state index >= 15 is 0 Å². The number of carbonyl (C=O) groups is 1. The van der Waals surface area contributed by atoms with E-state index in [2.05, 4.69) is 0 Å². The van der Waals surface area contributed by atoms with E-state index in [1.54, 1.807) is 24.3 Å². The number of carboxylic acid groups (broad SMARTS) is 1. The van der Waals surface area contributed by atoms with Crippen LogP contribution < -0.4 is 4.74 Å². The van der Waals surface area contributed by atoms with Crippen molar-refractivity contribution in [3.05, 3.63) is 40.9 Å². The highest BCUT2D eigenvalue weighted by molar-refractivity contribution is 6.31. The fourth-order valence-corrected chi connectivity index (χ4v) is 1.94. The second-order valence-electron chi connectivity index (χ2n) is 4.31. The van der Waals surface area contributed by atoms with Crippen LogP contribution in [0.1, 0.15) is 24.2 Å². The molecule has 0 amide bonds. The molecule has 2 aromatic rings. The van der Waals surface area contributed by atoms with Gasteiger partial charge in [-0.3, -0.25) is 0 Å². The minimum Gasteiger partial charge on any atom is -0.490 e. The van der Waals surface area contributed by atoms with Crippen LogP contribution in [0.15, 0.2) is 30.3 Å². The van der Waals surface area contributed by atoms with E-state index in [-0.39, 0.29) is 11.7 Å². The third-order valence-electron chi connectivity index (χ3n) is 2.49. The Kier molecular flexibility index (Phi) is 3.43. The van der Waals surface area contributed by atoms with Crippen molar-refractivity contribution >= 4 is 28.3 Å². The lowest BCUT2D eigenvalue weighted by atomic mass is 10.1. The number of benzene rings is 2. The van der Waals surface area contributed by atoms with Crippen molar-refractivity contribution < 1.29 is 14.6 Å². The maximum Gasteiger partial charge on any atom is 0.335 e. The average molecular weight is 265 g/mol. The van der Waals surface area contributed by atoms with Gasteiger partial charge < -0.3 is 9.84 Å². The van der Waals surface area contributed by atoms with Crippen LogP contribution in [0.5, 0.6) is 5.75 Å². The van der Waals surface area contributed by atoms with Gasteiger partial charge in [0.05, 0.1) is 11.7 Å². The lowest BCUT2D eigenvalue weighted by molar-refractivity contribution is 0.0696. The monoisotopic (exact) mass is 264 g/mol. The zero-order valence-corrected chi connectivity index (χ0v) is 10.9. The Morgan fingerprint density at radius 3 is 2.61 bits per heavy atom. The highest BCUT2D eigenvalue weighted by atomic mass is 35.5. The first-order valence-electron chi connectivity index (χ1n) is 5.60. The molecule has 4 heteroatoms. The lowest BCUT2D eigenvalue weighted by Gasteiger charge is -2.13. The van der Waals surface area contributed by atoms with Crippen LogP contribution in [0.25, 0.3) is 10.8 Å². The smallest absolute Gasteiger partial charge is 0.335 e. The maximum atomic E-state index is 11.1. The van der Waals surface area contributed by atoms with Gasteiger partial charge in [0.25, 0.3) is 0 Å². The molecule has 0 radical (unpaired) electrons. The minimum atomic E-state index is -0.972. The Hall–Kier alpha value is -1.74. The van der Waals surface area contributed by atoms with Crippen LogP contribution in [0, 0.1) is 0 Å². The molecule has 0 unspecified atom stereocenters. The third-order valence-corrected chi connectivity index (χ3v) is 2.72. The Morgan fingerprint density at radius 1 is 1.28 bits per heavy atom. The summed E-state index contributed by atoms with van der Waals surface area (Å²) in [5.74, 6) is -0.428. The molecule has 0 bridgehead atoms. The van der Waals surface area contributed by atoms with Gasteiger partial charge in [-0.1, -0.05) is 17.7 Å². The summed E-state index contributed by atoms with van der Waals surface area (Å²) < 4.78 is 5.65. The number of fused-ring (bicyclic) bond motifs is 1. The van der Waals surface area contributed by atoms with E-state index < -0.39 is 5.97 Å². The molecule has 0 saturated heterocycles. The van der Waals surface area contributed by atoms with E-state index in [1.165, 1.54) is 6.07 Å². The summed E-state index contributed by atoms with van der Waals surface area (Å²) >= 11 is 5.96. The third kappa shape index (κ3) is 2.57. The number of hydrogen-bond acceptors (Lipinski definition) is 2. The fourth-order valence-electron chi connectivity index (χ4n) is 1.77. The van der Waals surface area contributed by atoms with E-state index in [0.29, 0.717) is 10.8 Å². The highest BCUT2D eigenvalue weighted by Crippen LogP contribution is 2.30. The predicted octanol–water partition coefficient (Wildman–Crippen LogP) is 3.98. The Bertz CT molecular complexity index is 605. The molecule has 0 spiro atoms. The van der Waals surface area contributed by atoms with Gasteiger partial charge in [0, 0.05) is 10.4 Å². The van der Waals surface area contributed by atoms with Gasteiger partial charge in [0.1, 0.15) is 5.75 Å².